The predicted octanol–water partition coefficient (Wildman–Crippen LogP) is 1.64. The SMILES string of the molecule is CCOCCN(CCOCC)C(=O)c1cnccc1NC. The molecule has 0 bridgehead atoms. The van der Waals surface area contributed by atoms with Crippen LogP contribution in [0.15, 0.2) is 18.5 Å². The molecule has 0 saturated carbocycles. The fourth-order valence-corrected chi connectivity index (χ4v) is 1.91. The van der Waals surface area contributed by atoms with Crippen LogP contribution in [0.1, 0.15) is 24.2 Å². The third kappa shape index (κ3) is 5.69. The molecule has 1 aromatic heterocycles. The van der Waals surface area contributed by atoms with Gasteiger partial charge in [0.25, 0.3) is 5.91 Å². The van der Waals surface area contributed by atoms with Crippen LogP contribution in [0, 0.1) is 0 Å². The highest BCUT2D eigenvalue weighted by Crippen LogP contribution is 2.15. The topological polar surface area (TPSA) is 63.7 Å². The van der Waals surface area contributed by atoms with Gasteiger partial charge in [-0.2, -0.15) is 0 Å². The van der Waals surface area contributed by atoms with Gasteiger partial charge in [-0.3, -0.25) is 9.78 Å². The van der Waals surface area contributed by atoms with E-state index in [1.54, 1.807) is 30.4 Å². The largest absolute Gasteiger partial charge is 0.387 e. The van der Waals surface area contributed by atoms with Crippen LogP contribution in [-0.2, 0) is 9.47 Å². The van der Waals surface area contributed by atoms with Crippen LogP contribution in [0.2, 0.25) is 0 Å². The first kappa shape index (κ1) is 17.4. The van der Waals surface area contributed by atoms with Gasteiger partial charge in [-0.25, -0.2) is 0 Å². The van der Waals surface area contributed by atoms with Crippen LogP contribution >= 0.6 is 0 Å². The van der Waals surface area contributed by atoms with E-state index < -0.39 is 0 Å². The summed E-state index contributed by atoms with van der Waals surface area (Å²) in [7, 11) is 1.79. The Labute approximate surface area is 126 Å². The number of hydrogen-bond donors (Lipinski definition) is 1. The summed E-state index contributed by atoms with van der Waals surface area (Å²) in [6, 6.07) is 1.79. The van der Waals surface area contributed by atoms with Gasteiger partial charge >= 0.3 is 0 Å². The fourth-order valence-electron chi connectivity index (χ4n) is 1.91. The number of anilines is 1. The van der Waals surface area contributed by atoms with Crippen molar-refractivity contribution in [3.05, 3.63) is 24.0 Å². The monoisotopic (exact) mass is 295 g/mol. The lowest BCUT2D eigenvalue weighted by atomic mass is 10.2. The Bertz CT molecular complexity index is 416. The molecule has 1 aromatic rings. The molecule has 0 aromatic carbocycles. The number of amides is 1. The summed E-state index contributed by atoms with van der Waals surface area (Å²) in [5.74, 6) is -0.0631. The number of ether oxygens (including phenoxy) is 2. The second-order valence-electron chi connectivity index (χ2n) is 4.36. The van der Waals surface area contributed by atoms with Crippen molar-refractivity contribution in [1.29, 1.82) is 0 Å². The van der Waals surface area contributed by atoms with Gasteiger partial charge in [-0.05, 0) is 19.9 Å². The van der Waals surface area contributed by atoms with Gasteiger partial charge < -0.3 is 19.7 Å². The maximum absolute atomic E-state index is 12.6. The van der Waals surface area contributed by atoms with E-state index in [-0.39, 0.29) is 5.91 Å². The molecule has 0 aliphatic heterocycles. The number of carbonyl (C=O) groups excluding carboxylic acids is 1. The summed E-state index contributed by atoms with van der Waals surface area (Å²) in [6.45, 7) is 7.27. The van der Waals surface area contributed by atoms with Crippen molar-refractivity contribution in [3.8, 4) is 0 Å². The first-order valence-corrected chi connectivity index (χ1v) is 7.31. The van der Waals surface area contributed by atoms with Crippen molar-refractivity contribution in [1.82, 2.24) is 9.88 Å². The van der Waals surface area contributed by atoms with Gasteiger partial charge in [0, 0.05) is 51.4 Å². The van der Waals surface area contributed by atoms with Crippen LogP contribution in [0.25, 0.3) is 0 Å². The van der Waals surface area contributed by atoms with E-state index in [1.807, 2.05) is 13.8 Å². The Hall–Kier alpha value is -1.66. The molecule has 21 heavy (non-hydrogen) atoms. The number of nitrogens with one attached hydrogen (secondary N) is 1. The first-order chi connectivity index (χ1) is 10.2. The normalized spacial score (nSPS) is 10.4. The highest BCUT2D eigenvalue weighted by Gasteiger charge is 2.18. The Balaban J connectivity index is 2.76. The number of carbonyl (C=O) groups is 1. The summed E-state index contributed by atoms with van der Waals surface area (Å²) in [6.07, 6.45) is 3.25. The molecule has 1 heterocycles. The van der Waals surface area contributed by atoms with E-state index in [1.165, 1.54) is 0 Å². The van der Waals surface area contributed by atoms with Gasteiger partial charge in [0.05, 0.1) is 18.8 Å². The molecule has 0 spiro atoms. The Morgan fingerprint density at radius 1 is 1.24 bits per heavy atom. The minimum Gasteiger partial charge on any atom is -0.387 e. The van der Waals surface area contributed by atoms with Crippen molar-refractivity contribution in [2.24, 2.45) is 0 Å². The number of pyridine rings is 1. The van der Waals surface area contributed by atoms with Crippen molar-refractivity contribution in [2.75, 3.05) is 51.9 Å². The molecule has 0 atom stereocenters. The molecule has 1 N–H and O–H groups in total. The third-order valence-electron chi connectivity index (χ3n) is 3.03. The zero-order valence-corrected chi connectivity index (χ0v) is 13.1. The molecule has 1 amide bonds. The molecule has 0 unspecified atom stereocenters. The van der Waals surface area contributed by atoms with Crippen molar-refractivity contribution >= 4 is 11.6 Å². The molecule has 118 valence electrons. The van der Waals surface area contributed by atoms with Crippen molar-refractivity contribution in [3.63, 3.8) is 0 Å². The summed E-state index contributed by atoms with van der Waals surface area (Å²) >= 11 is 0. The number of nitrogens with zero attached hydrogens (tertiary/aromatic N) is 2. The first-order valence-electron chi connectivity index (χ1n) is 7.31. The van der Waals surface area contributed by atoms with Crippen molar-refractivity contribution < 1.29 is 14.3 Å². The van der Waals surface area contributed by atoms with Gasteiger partial charge in [-0.15, -0.1) is 0 Å². The minimum atomic E-state index is -0.0631. The lowest BCUT2D eigenvalue weighted by Crippen LogP contribution is -2.37. The van der Waals surface area contributed by atoms with E-state index >= 15 is 0 Å². The molecular weight excluding hydrogens is 270 g/mol. The molecule has 0 aliphatic carbocycles. The molecule has 1 rings (SSSR count). The van der Waals surface area contributed by atoms with E-state index in [0.717, 1.165) is 5.69 Å². The van der Waals surface area contributed by atoms with E-state index in [0.29, 0.717) is 45.1 Å². The van der Waals surface area contributed by atoms with Gasteiger partial charge in [0.15, 0.2) is 0 Å². The maximum Gasteiger partial charge on any atom is 0.257 e. The van der Waals surface area contributed by atoms with Crippen LogP contribution in [0.3, 0.4) is 0 Å². The summed E-state index contributed by atoms with van der Waals surface area (Å²) < 4.78 is 10.7. The standard InChI is InChI=1S/C15H25N3O3/c1-4-20-10-8-18(9-11-21-5-2)15(19)13-12-17-7-6-14(13)16-3/h6-7,12H,4-5,8-11H2,1-3H3,(H,16,17). The zero-order valence-electron chi connectivity index (χ0n) is 13.1. The molecule has 0 fully saturated rings. The lowest BCUT2D eigenvalue weighted by molar-refractivity contribution is 0.0550. The fraction of sp³-hybridized carbons (Fsp3) is 0.600. The minimum absolute atomic E-state index is 0.0631. The maximum atomic E-state index is 12.6. The smallest absolute Gasteiger partial charge is 0.257 e. The van der Waals surface area contributed by atoms with Crippen molar-refractivity contribution in [2.45, 2.75) is 13.8 Å². The molecule has 0 saturated heterocycles. The number of aromatic nitrogens is 1. The summed E-state index contributed by atoms with van der Waals surface area (Å²) in [4.78, 5) is 18.4. The quantitative estimate of drug-likeness (QED) is 0.665. The number of hydrogen-bond acceptors (Lipinski definition) is 5. The van der Waals surface area contributed by atoms with Crippen LogP contribution in [0.4, 0.5) is 5.69 Å². The third-order valence-corrected chi connectivity index (χ3v) is 3.03. The van der Waals surface area contributed by atoms with E-state index in [2.05, 4.69) is 10.3 Å². The highest BCUT2D eigenvalue weighted by atomic mass is 16.5. The summed E-state index contributed by atoms with van der Waals surface area (Å²) in [5, 5.41) is 3.02. The zero-order chi connectivity index (χ0) is 15.5. The van der Waals surface area contributed by atoms with Gasteiger partial charge in [0.1, 0.15) is 0 Å². The van der Waals surface area contributed by atoms with Gasteiger partial charge in [-0.1, -0.05) is 0 Å². The molecule has 6 nitrogen and oxygen atoms in total. The number of rotatable bonds is 10. The second-order valence-corrected chi connectivity index (χ2v) is 4.36. The Kier molecular flexibility index (Phi) is 8.38. The van der Waals surface area contributed by atoms with Crippen LogP contribution in [-0.4, -0.2) is 62.4 Å². The molecular formula is C15H25N3O3. The predicted molar refractivity (Wildman–Crippen MR) is 82.7 cm³/mol. The summed E-state index contributed by atoms with van der Waals surface area (Å²) in [5.41, 5.74) is 1.33. The average molecular weight is 295 g/mol. The highest BCUT2D eigenvalue weighted by molar-refractivity contribution is 5.99. The average Bonchev–Trinajstić information content (AvgIpc) is 2.53. The molecule has 0 aliphatic rings. The van der Waals surface area contributed by atoms with Gasteiger partial charge in [0.2, 0.25) is 0 Å². The van der Waals surface area contributed by atoms with E-state index in [9.17, 15) is 4.79 Å². The van der Waals surface area contributed by atoms with Crippen LogP contribution in [0.5, 0.6) is 0 Å². The second kappa shape index (κ2) is 10.1. The lowest BCUT2D eigenvalue weighted by Gasteiger charge is -2.23. The van der Waals surface area contributed by atoms with E-state index in [4.69, 9.17) is 9.47 Å². The Morgan fingerprint density at radius 2 is 1.86 bits per heavy atom. The molecule has 6 heteroatoms. The Morgan fingerprint density at radius 3 is 2.38 bits per heavy atom. The van der Waals surface area contributed by atoms with Crippen LogP contribution < -0.4 is 5.32 Å². The molecule has 0 radical (unpaired) electrons.